The lowest BCUT2D eigenvalue weighted by molar-refractivity contribution is -0.129. The summed E-state index contributed by atoms with van der Waals surface area (Å²) >= 11 is 0. The second-order valence-electron chi connectivity index (χ2n) is 6.30. The molecule has 1 fully saturated rings. The standard InChI is InChI=1S/C19H29N5O2/c1-4-17(25)24-10-9-16(13-24)23-19(21-5-2)22-12-14-7-6-8-15(11-14)18(26)20-3/h6-8,11,16H,4-5,9-10,12-13H2,1-3H3,(H,20,26)(H2,21,22,23). The lowest BCUT2D eigenvalue weighted by Crippen LogP contribution is -2.45. The summed E-state index contributed by atoms with van der Waals surface area (Å²) in [5.74, 6) is 0.823. The van der Waals surface area contributed by atoms with Gasteiger partial charge in [-0.05, 0) is 31.0 Å². The molecular formula is C19H29N5O2. The van der Waals surface area contributed by atoms with Crippen LogP contribution in [0.3, 0.4) is 0 Å². The van der Waals surface area contributed by atoms with Gasteiger partial charge in [-0.15, -0.1) is 0 Å². The van der Waals surface area contributed by atoms with Crippen LogP contribution in [0.25, 0.3) is 0 Å². The van der Waals surface area contributed by atoms with Crippen molar-refractivity contribution >= 4 is 17.8 Å². The number of likely N-dealkylation sites (tertiary alicyclic amines) is 1. The molecule has 0 saturated carbocycles. The first-order chi connectivity index (χ1) is 12.6. The maximum absolute atomic E-state index is 11.8. The van der Waals surface area contributed by atoms with E-state index < -0.39 is 0 Å². The molecular weight excluding hydrogens is 330 g/mol. The molecule has 0 aromatic heterocycles. The molecule has 1 aliphatic heterocycles. The summed E-state index contributed by atoms with van der Waals surface area (Å²) in [5, 5.41) is 9.28. The van der Waals surface area contributed by atoms with Crippen LogP contribution in [-0.4, -0.2) is 55.4 Å². The molecule has 0 bridgehead atoms. The Labute approximate surface area is 155 Å². The number of aliphatic imine (C=N–C) groups is 1. The number of hydrogen-bond acceptors (Lipinski definition) is 3. The van der Waals surface area contributed by atoms with Crippen LogP contribution in [0, 0.1) is 0 Å². The molecule has 7 heteroatoms. The molecule has 2 rings (SSSR count). The van der Waals surface area contributed by atoms with Crippen molar-refractivity contribution < 1.29 is 9.59 Å². The van der Waals surface area contributed by atoms with Crippen LogP contribution >= 0.6 is 0 Å². The van der Waals surface area contributed by atoms with E-state index in [0.717, 1.165) is 31.0 Å². The molecule has 7 nitrogen and oxygen atoms in total. The van der Waals surface area contributed by atoms with E-state index in [2.05, 4.69) is 20.9 Å². The molecule has 142 valence electrons. The van der Waals surface area contributed by atoms with Gasteiger partial charge in [0.25, 0.3) is 5.91 Å². The minimum atomic E-state index is -0.104. The quantitative estimate of drug-likeness (QED) is 0.525. The Morgan fingerprint density at radius 1 is 1.31 bits per heavy atom. The number of hydrogen-bond donors (Lipinski definition) is 3. The highest BCUT2D eigenvalue weighted by Crippen LogP contribution is 2.11. The molecule has 1 atom stereocenters. The molecule has 0 spiro atoms. The fourth-order valence-electron chi connectivity index (χ4n) is 2.97. The van der Waals surface area contributed by atoms with Crippen molar-refractivity contribution in [3.05, 3.63) is 35.4 Å². The molecule has 0 radical (unpaired) electrons. The summed E-state index contributed by atoms with van der Waals surface area (Å²) in [7, 11) is 1.62. The van der Waals surface area contributed by atoms with Crippen LogP contribution in [0.1, 0.15) is 42.6 Å². The Hall–Kier alpha value is -2.57. The van der Waals surface area contributed by atoms with Crippen LogP contribution in [0.15, 0.2) is 29.3 Å². The van der Waals surface area contributed by atoms with Crippen molar-refractivity contribution in [3.8, 4) is 0 Å². The predicted octanol–water partition coefficient (Wildman–Crippen LogP) is 1.11. The van der Waals surface area contributed by atoms with E-state index in [0.29, 0.717) is 25.1 Å². The molecule has 2 amide bonds. The number of nitrogens with zero attached hydrogens (tertiary/aromatic N) is 2. The van der Waals surface area contributed by atoms with Crippen molar-refractivity contribution in [1.29, 1.82) is 0 Å². The first-order valence-corrected chi connectivity index (χ1v) is 9.21. The molecule has 1 heterocycles. The lowest BCUT2D eigenvalue weighted by atomic mass is 10.1. The van der Waals surface area contributed by atoms with Crippen LogP contribution in [0.2, 0.25) is 0 Å². The maximum Gasteiger partial charge on any atom is 0.251 e. The van der Waals surface area contributed by atoms with Gasteiger partial charge in [0.2, 0.25) is 5.91 Å². The number of amides is 2. The van der Waals surface area contributed by atoms with Crippen LogP contribution in [-0.2, 0) is 11.3 Å². The van der Waals surface area contributed by atoms with Crippen molar-refractivity contribution in [2.45, 2.75) is 39.3 Å². The fraction of sp³-hybridized carbons (Fsp3) is 0.526. The van der Waals surface area contributed by atoms with E-state index >= 15 is 0 Å². The topological polar surface area (TPSA) is 85.8 Å². The second-order valence-corrected chi connectivity index (χ2v) is 6.30. The molecule has 3 N–H and O–H groups in total. The van der Waals surface area contributed by atoms with Gasteiger partial charge in [-0.3, -0.25) is 9.59 Å². The SMILES string of the molecule is CCNC(=NCc1cccc(C(=O)NC)c1)NC1CCN(C(=O)CC)C1. The Bertz CT molecular complexity index is 659. The largest absolute Gasteiger partial charge is 0.357 e. The normalized spacial score (nSPS) is 17.1. The number of guanidine groups is 1. The van der Waals surface area contributed by atoms with Gasteiger partial charge in [0, 0.05) is 44.7 Å². The first kappa shape index (κ1) is 19.8. The summed E-state index contributed by atoms with van der Waals surface area (Å²) < 4.78 is 0. The minimum absolute atomic E-state index is 0.104. The third kappa shape index (κ3) is 5.47. The van der Waals surface area contributed by atoms with Gasteiger partial charge in [0.1, 0.15) is 0 Å². The number of rotatable bonds is 6. The average molecular weight is 359 g/mol. The van der Waals surface area contributed by atoms with Gasteiger partial charge < -0.3 is 20.9 Å². The van der Waals surface area contributed by atoms with E-state index in [-0.39, 0.29) is 17.9 Å². The molecule has 0 aliphatic carbocycles. The van der Waals surface area contributed by atoms with Gasteiger partial charge in [-0.1, -0.05) is 19.1 Å². The van der Waals surface area contributed by atoms with Crippen LogP contribution in [0.5, 0.6) is 0 Å². The van der Waals surface area contributed by atoms with Gasteiger partial charge in [0.15, 0.2) is 5.96 Å². The number of benzene rings is 1. The second kappa shape index (κ2) is 9.79. The number of carbonyl (C=O) groups is 2. The monoisotopic (exact) mass is 359 g/mol. The van der Waals surface area contributed by atoms with Crippen molar-refractivity contribution in [1.82, 2.24) is 20.9 Å². The van der Waals surface area contributed by atoms with Crippen molar-refractivity contribution in [2.75, 3.05) is 26.7 Å². The van der Waals surface area contributed by atoms with E-state index in [1.54, 1.807) is 13.1 Å². The van der Waals surface area contributed by atoms with E-state index in [1.807, 2.05) is 36.9 Å². The summed E-state index contributed by atoms with van der Waals surface area (Å²) in [6.07, 6.45) is 1.46. The summed E-state index contributed by atoms with van der Waals surface area (Å²) in [6, 6.07) is 7.66. The Morgan fingerprint density at radius 3 is 2.81 bits per heavy atom. The molecule has 1 saturated heterocycles. The Morgan fingerprint density at radius 2 is 2.12 bits per heavy atom. The number of carbonyl (C=O) groups excluding carboxylic acids is 2. The average Bonchev–Trinajstić information content (AvgIpc) is 3.13. The summed E-state index contributed by atoms with van der Waals surface area (Å²) in [4.78, 5) is 30.1. The minimum Gasteiger partial charge on any atom is -0.357 e. The van der Waals surface area contributed by atoms with Gasteiger partial charge in [-0.2, -0.15) is 0 Å². The number of nitrogens with one attached hydrogen (secondary N) is 3. The third-order valence-corrected chi connectivity index (χ3v) is 4.36. The Kier molecular flexibility index (Phi) is 7.44. The highest BCUT2D eigenvalue weighted by atomic mass is 16.2. The third-order valence-electron chi connectivity index (χ3n) is 4.36. The van der Waals surface area contributed by atoms with E-state index in [4.69, 9.17) is 0 Å². The molecule has 1 aliphatic rings. The maximum atomic E-state index is 11.8. The zero-order valence-electron chi connectivity index (χ0n) is 15.8. The fourth-order valence-corrected chi connectivity index (χ4v) is 2.97. The molecule has 1 unspecified atom stereocenters. The smallest absolute Gasteiger partial charge is 0.251 e. The highest BCUT2D eigenvalue weighted by molar-refractivity contribution is 5.94. The summed E-state index contributed by atoms with van der Waals surface area (Å²) in [6.45, 7) is 6.65. The first-order valence-electron chi connectivity index (χ1n) is 9.21. The highest BCUT2D eigenvalue weighted by Gasteiger charge is 2.25. The van der Waals surface area contributed by atoms with Crippen LogP contribution < -0.4 is 16.0 Å². The lowest BCUT2D eigenvalue weighted by Gasteiger charge is -2.18. The molecule has 1 aromatic carbocycles. The van der Waals surface area contributed by atoms with Crippen LogP contribution in [0.4, 0.5) is 0 Å². The van der Waals surface area contributed by atoms with Gasteiger partial charge >= 0.3 is 0 Å². The summed E-state index contributed by atoms with van der Waals surface area (Å²) in [5.41, 5.74) is 1.60. The van der Waals surface area contributed by atoms with E-state index in [1.165, 1.54) is 0 Å². The zero-order valence-corrected chi connectivity index (χ0v) is 15.8. The van der Waals surface area contributed by atoms with Crippen molar-refractivity contribution in [3.63, 3.8) is 0 Å². The van der Waals surface area contributed by atoms with Gasteiger partial charge in [0.05, 0.1) is 6.54 Å². The molecule has 26 heavy (non-hydrogen) atoms. The van der Waals surface area contributed by atoms with Gasteiger partial charge in [-0.25, -0.2) is 4.99 Å². The van der Waals surface area contributed by atoms with E-state index in [9.17, 15) is 9.59 Å². The molecule has 1 aromatic rings. The van der Waals surface area contributed by atoms with Crippen molar-refractivity contribution in [2.24, 2.45) is 4.99 Å². The Balaban J connectivity index is 1.99. The predicted molar refractivity (Wildman–Crippen MR) is 103 cm³/mol. The zero-order chi connectivity index (χ0) is 18.9.